The molecule has 0 unspecified atom stereocenters. The van der Waals surface area contributed by atoms with Gasteiger partial charge in [0.2, 0.25) is 0 Å². The van der Waals surface area contributed by atoms with E-state index in [1.54, 1.807) is 47.5 Å². The van der Waals surface area contributed by atoms with E-state index in [9.17, 15) is 14.4 Å². The number of amides is 2. The van der Waals surface area contributed by atoms with Crippen LogP contribution in [0, 0.1) is 0 Å². The number of esters is 1. The predicted molar refractivity (Wildman–Crippen MR) is 93.4 cm³/mol. The van der Waals surface area contributed by atoms with Crippen LogP contribution in [-0.2, 0) is 9.53 Å². The summed E-state index contributed by atoms with van der Waals surface area (Å²) in [6.45, 7) is 4.73. The molecular weight excluding hydrogens is 322 g/mol. The van der Waals surface area contributed by atoms with E-state index in [1.165, 1.54) is 0 Å². The van der Waals surface area contributed by atoms with Crippen LogP contribution in [0.2, 0.25) is 0 Å². The molecule has 1 aromatic carbocycles. The Hall–Kier alpha value is -3.09. The van der Waals surface area contributed by atoms with Crippen molar-refractivity contribution >= 4 is 23.5 Å². The van der Waals surface area contributed by atoms with E-state index in [0.717, 1.165) is 0 Å². The number of anilines is 1. The molecule has 7 heteroatoms. The zero-order valence-electron chi connectivity index (χ0n) is 14.2. The van der Waals surface area contributed by atoms with Crippen molar-refractivity contribution in [2.24, 2.45) is 0 Å². The van der Waals surface area contributed by atoms with Gasteiger partial charge in [-0.1, -0.05) is 0 Å². The Morgan fingerprint density at radius 1 is 1.08 bits per heavy atom. The summed E-state index contributed by atoms with van der Waals surface area (Å²) >= 11 is 0. The lowest BCUT2D eigenvalue weighted by atomic mass is 10.2. The maximum absolute atomic E-state index is 12.2. The maximum atomic E-state index is 12.2. The minimum atomic E-state index is -0.597. The summed E-state index contributed by atoms with van der Waals surface area (Å²) in [5.74, 6) is -1.11. The largest absolute Gasteiger partial charge is 0.451 e. The second-order valence-corrected chi connectivity index (χ2v) is 5.26. The number of rotatable bonds is 7. The van der Waals surface area contributed by atoms with Gasteiger partial charge in [0.15, 0.2) is 6.61 Å². The van der Waals surface area contributed by atoms with Crippen LogP contribution < -0.4 is 5.32 Å². The standard InChI is InChI=1S/C18H21N3O4/c1-3-21(4-2)17(23)13-7-9-14(10-8-13)20-16(22)12-25-18(24)15-6-5-11-19-15/h5-11,19H,3-4,12H2,1-2H3,(H,20,22). The highest BCUT2D eigenvalue weighted by Gasteiger charge is 2.13. The van der Waals surface area contributed by atoms with Crippen molar-refractivity contribution in [3.8, 4) is 0 Å². The number of carbonyl (C=O) groups excluding carboxylic acids is 3. The van der Waals surface area contributed by atoms with Gasteiger partial charge in [0.1, 0.15) is 5.69 Å². The smallest absolute Gasteiger partial charge is 0.355 e. The van der Waals surface area contributed by atoms with Crippen molar-refractivity contribution in [2.75, 3.05) is 25.0 Å². The highest BCUT2D eigenvalue weighted by Crippen LogP contribution is 2.12. The fraction of sp³-hybridized carbons (Fsp3) is 0.278. The number of aromatic nitrogens is 1. The summed E-state index contributed by atoms with van der Waals surface area (Å²) in [6, 6.07) is 9.81. The number of carbonyl (C=O) groups is 3. The highest BCUT2D eigenvalue weighted by atomic mass is 16.5. The molecule has 1 aromatic heterocycles. The maximum Gasteiger partial charge on any atom is 0.355 e. The molecule has 0 aliphatic carbocycles. The van der Waals surface area contributed by atoms with Crippen LogP contribution in [0.5, 0.6) is 0 Å². The number of benzene rings is 1. The molecule has 0 saturated heterocycles. The zero-order chi connectivity index (χ0) is 18.2. The summed E-state index contributed by atoms with van der Waals surface area (Å²) in [6.07, 6.45) is 1.59. The minimum Gasteiger partial charge on any atom is -0.451 e. The van der Waals surface area contributed by atoms with E-state index < -0.39 is 18.5 Å². The highest BCUT2D eigenvalue weighted by molar-refractivity contribution is 5.97. The van der Waals surface area contributed by atoms with E-state index >= 15 is 0 Å². The number of nitrogens with one attached hydrogen (secondary N) is 2. The molecule has 2 rings (SSSR count). The molecular formula is C18H21N3O4. The van der Waals surface area contributed by atoms with Crippen LogP contribution in [0.3, 0.4) is 0 Å². The number of ether oxygens (including phenoxy) is 1. The molecule has 2 N–H and O–H groups in total. The average molecular weight is 343 g/mol. The van der Waals surface area contributed by atoms with Gasteiger partial charge in [-0.15, -0.1) is 0 Å². The van der Waals surface area contributed by atoms with Crippen molar-refractivity contribution in [3.63, 3.8) is 0 Å². The quantitative estimate of drug-likeness (QED) is 0.755. The molecule has 0 atom stereocenters. The molecule has 2 aromatic rings. The van der Waals surface area contributed by atoms with Crippen molar-refractivity contribution < 1.29 is 19.1 Å². The van der Waals surface area contributed by atoms with Gasteiger partial charge in [0, 0.05) is 30.5 Å². The van der Waals surface area contributed by atoms with Crippen LogP contribution >= 0.6 is 0 Å². The monoisotopic (exact) mass is 343 g/mol. The average Bonchev–Trinajstić information content (AvgIpc) is 3.16. The summed E-state index contributed by atoms with van der Waals surface area (Å²) < 4.78 is 4.90. The summed E-state index contributed by atoms with van der Waals surface area (Å²) in [5.41, 5.74) is 1.36. The van der Waals surface area contributed by atoms with Crippen LogP contribution in [0.15, 0.2) is 42.6 Å². The number of aromatic amines is 1. The first-order valence-electron chi connectivity index (χ1n) is 8.04. The molecule has 132 valence electrons. The fourth-order valence-corrected chi connectivity index (χ4v) is 2.25. The molecule has 0 spiro atoms. The lowest BCUT2D eigenvalue weighted by Crippen LogP contribution is -2.30. The van der Waals surface area contributed by atoms with Gasteiger partial charge in [0.25, 0.3) is 11.8 Å². The number of H-pyrrole nitrogens is 1. The van der Waals surface area contributed by atoms with Gasteiger partial charge < -0.3 is 19.9 Å². The second-order valence-electron chi connectivity index (χ2n) is 5.26. The topological polar surface area (TPSA) is 91.5 Å². The summed E-state index contributed by atoms with van der Waals surface area (Å²) in [7, 11) is 0. The van der Waals surface area contributed by atoms with E-state index in [-0.39, 0.29) is 11.6 Å². The Balaban J connectivity index is 1.87. The van der Waals surface area contributed by atoms with E-state index in [1.807, 2.05) is 13.8 Å². The number of nitrogens with zero attached hydrogens (tertiary/aromatic N) is 1. The molecule has 0 radical (unpaired) electrons. The van der Waals surface area contributed by atoms with Gasteiger partial charge in [0.05, 0.1) is 0 Å². The zero-order valence-corrected chi connectivity index (χ0v) is 14.2. The number of hydrogen-bond acceptors (Lipinski definition) is 4. The molecule has 0 aliphatic rings. The van der Waals surface area contributed by atoms with Gasteiger partial charge >= 0.3 is 5.97 Å². The Morgan fingerprint density at radius 3 is 2.32 bits per heavy atom. The summed E-state index contributed by atoms with van der Waals surface area (Å²) in [4.78, 5) is 40.1. The Bertz CT molecular complexity index is 719. The molecule has 25 heavy (non-hydrogen) atoms. The number of hydrogen-bond donors (Lipinski definition) is 2. The Kier molecular flexibility index (Phi) is 6.33. The third-order valence-electron chi connectivity index (χ3n) is 3.62. The first-order chi connectivity index (χ1) is 12.0. The lowest BCUT2D eigenvalue weighted by molar-refractivity contribution is -0.119. The molecule has 7 nitrogen and oxygen atoms in total. The minimum absolute atomic E-state index is 0.0530. The molecule has 0 saturated carbocycles. The molecule has 2 amide bonds. The van der Waals surface area contributed by atoms with Crippen molar-refractivity contribution in [1.29, 1.82) is 0 Å². The van der Waals surface area contributed by atoms with Gasteiger partial charge in [-0.05, 0) is 50.2 Å². The van der Waals surface area contributed by atoms with Crippen molar-refractivity contribution in [3.05, 3.63) is 53.9 Å². The van der Waals surface area contributed by atoms with Gasteiger partial charge in [-0.2, -0.15) is 0 Å². The second kappa shape index (κ2) is 8.68. The third-order valence-corrected chi connectivity index (χ3v) is 3.62. The van der Waals surface area contributed by atoms with E-state index in [2.05, 4.69) is 10.3 Å². The van der Waals surface area contributed by atoms with Crippen molar-refractivity contribution in [2.45, 2.75) is 13.8 Å². The van der Waals surface area contributed by atoms with Crippen LogP contribution in [-0.4, -0.2) is 47.4 Å². The first-order valence-corrected chi connectivity index (χ1v) is 8.04. The SMILES string of the molecule is CCN(CC)C(=O)c1ccc(NC(=O)COC(=O)c2ccc[nH]2)cc1. The van der Waals surface area contributed by atoms with Crippen LogP contribution in [0.1, 0.15) is 34.7 Å². The normalized spacial score (nSPS) is 10.2. The van der Waals surface area contributed by atoms with Crippen molar-refractivity contribution in [1.82, 2.24) is 9.88 Å². The third kappa shape index (κ3) is 4.94. The van der Waals surface area contributed by atoms with Crippen LogP contribution in [0.25, 0.3) is 0 Å². The van der Waals surface area contributed by atoms with E-state index in [4.69, 9.17) is 4.74 Å². The molecule has 0 aliphatic heterocycles. The molecule has 0 fully saturated rings. The Labute approximate surface area is 146 Å². The predicted octanol–water partition coefficient (Wildman–Crippen LogP) is 2.29. The fourth-order valence-electron chi connectivity index (χ4n) is 2.25. The molecule has 1 heterocycles. The first kappa shape index (κ1) is 18.3. The molecule has 0 bridgehead atoms. The van der Waals surface area contributed by atoms with Gasteiger partial charge in [-0.3, -0.25) is 9.59 Å². The van der Waals surface area contributed by atoms with Gasteiger partial charge in [-0.25, -0.2) is 4.79 Å². The summed E-state index contributed by atoms with van der Waals surface area (Å²) in [5, 5.41) is 2.61. The Morgan fingerprint density at radius 2 is 1.76 bits per heavy atom. The lowest BCUT2D eigenvalue weighted by Gasteiger charge is -2.18. The van der Waals surface area contributed by atoms with E-state index in [0.29, 0.717) is 24.3 Å². The van der Waals surface area contributed by atoms with Crippen LogP contribution in [0.4, 0.5) is 5.69 Å².